The maximum Gasteiger partial charge on any atom is 0.227 e. The van der Waals surface area contributed by atoms with Crippen LogP contribution in [0.3, 0.4) is 0 Å². The molecular formula is C19H18ClFN2O3. The molecule has 0 spiro atoms. The van der Waals surface area contributed by atoms with Crippen LogP contribution in [0.1, 0.15) is 12.0 Å². The minimum absolute atomic E-state index is 0.0530. The first-order valence-corrected chi connectivity index (χ1v) is 8.52. The average Bonchev–Trinajstić information content (AvgIpc) is 3.04. The molecule has 0 unspecified atom stereocenters. The lowest BCUT2D eigenvalue weighted by Crippen LogP contribution is -2.32. The highest BCUT2D eigenvalue weighted by molar-refractivity contribution is 6.31. The van der Waals surface area contributed by atoms with Crippen LogP contribution in [-0.2, 0) is 16.1 Å². The summed E-state index contributed by atoms with van der Waals surface area (Å²) in [5, 5.41) is 2.79. The monoisotopic (exact) mass is 376 g/mol. The number of hydrogen-bond donors (Lipinski definition) is 1. The zero-order valence-corrected chi connectivity index (χ0v) is 14.9. The Balaban J connectivity index is 1.60. The topological polar surface area (TPSA) is 58.6 Å². The van der Waals surface area contributed by atoms with Crippen molar-refractivity contribution in [2.45, 2.75) is 13.0 Å². The number of amides is 2. The van der Waals surface area contributed by atoms with E-state index in [2.05, 4.69) is 5.32 Å². The number of ether oxygens (including phenoxy) is 1. The van der Waals surface area contributed by atoms with Crippen molar-refractivity contribution >= 4 is 29.1 Å². The highest BCUT2D eigenvalue weighted by Crippen LogP contribution is 2.28. The van der Waals surface area contributed by atoms with Crippen LogP contribution in [-0.4, -0.2) is 25.5 Å². The van der Waals surface area contributed by atoms with E-state index in [0.717, 1.165) is 11.3 Å². The number of anilines is 1. The molecule has 7 heteroatoms. The number of halogens is 2. The van der Waals surface area contributed by atoms with Crippen molar-refractivity contribution in [1.29, 1.82) is 0 Å². The Morgan fingerprint density at radius 1 is 1.31 bits per heavy atom. The molecule has 5 nitrogen and oxygen atoms in total. The number of rotatable bonds is 5. The van der Waals surface area contributed by atoms with E-state index in [1.165, 1.54) is 23.1 Å². The second-order valence-corrected chi connectivity index (χ2v) is 6.48. The molecule has 1 atom stereocenters. The van der Waals surface area contributed by atoms with Gasteiger partial charge in [-0.2, -0.15) is 0 Å². The van der Waals surface area contributed by atoms with Gasteiger partial charge in [-0.15, -0.1) is 0 Å². The fourth-order valence-corrected chi connectivity index (χ4v) is 3.04. The summed E-state index contributed by atoms with van der Waals surface area (Å²) in [6.07, 6.45) is 0.115. The normalized spacial score (nSPS) is 16.7. The van der Waals surface area contributed by atoms with Gasteiger partial charge in [-0.05, 0) is 35.9 Å². The van der Waals surface area contributed by atoms with Gasteiger partial charge in [-0.25, -0.2) is 4.39 Å². The largest absolute Gasteiger partial charge is 0.497 e. The lowest BCUT2D eigenvalue weighted by molar-refractivity contribution is -0.126. The second kappa shape index (κ2) is 7.74. The second-order valence-electron chi connectivity index (χ2n) is 6.07. The summed E-state index contributed by atoms with van der Waals surface area (Å²) in [5.74, 6) is -0.627. The lowest BCUT2D eigenvalue weighted by atomic mass is 10.1. The molecular weight excluding hydrogens is 359 g/mol. The van der Waals surface area contributed by atoms with E-state index in [1.807, 2.05) is 24.3 Å². The molecule has 1 N–H and O–H groups in total. The van der Waals surface area contributed by atoms with Gasteiger partial charge in [0.2, 0.25) is 11.8 Å². The van der Waals surface area contributed by atoms with E-state index in [-0.39, 0.29) is 29.8 Å². The number of nitrogens with zero attached hydrogens (tertiary/aromatic N) is 1. The minimum atomic E-state index is -0.546. The van der Waals surface area contributed by atoms with Gasteiger partial charge in [-0.3, -0.25) is 9.59 Å². The Morgan fingerprint density at radius 3 is 2.69 bits per heavy atom. The van der Waals surface area contributed by atoms with E-state index >= 15 is 0 Å². The Labute approximate surface area is 155 Å². The van der Waals surface area contributed by atoms with Crippen molar-refractivity contribution < 1.29 is 18.7 Å². The molecule has 2 aromatic carbocycles. The first-order chi connectivity index (χ1) is 12.5. The molecule has 0 bridgehead atoms. The third-order valence-electron chi connectivity index (χ3n) is 4.34. The molecule has 3 rings (SSSR count). The molecule has 2 aromatic rings. The predicted molar refractivity (Wildman–Crippen MR) is 96.7 cm³/mol. The molecule has 0 radical (unpaired) electrons. The van der Waals surface area contributed by atoms with E-state index in [9.17, 15) is 14.0 Å². The zero-order valence-electron chi connectivity index (χ0n) is 14.2. The van der Waals surface area contributed by atoms with Crippen LogP contribution in [0, 0.1) is 11.7 Å². The Morgan fingerprint density at radius 2 is 2.04 bits per heavy atom. The molecule has 0 aromatic heterocycles. The van der Waals surface area contributed by atoms with Crippen LogP contribution >= 0.6 is 11.6 Å². The van der Waals surface area contributed by atoms with E-state index in [1.54, 1.807) is 7.11 Å². The SMILES string of the molecule is COc1ccc(CNC(=O)[C@H]2CC(=O)N(c3ccc(F)c(Cl)c3)C2)cc1. The molecule has 2 amide bonds. The number of methoxy groups -OCH3 is 1. The Kier molecular flexibility index (Phi) is 5.42. The van der Waals surface area contributed by atoms with Crippen LogP contribution in [0.4, 0.5) is 10.1 Å². The van der Waals surface area contributed by atoms with Crippen molar-refractivity contribution in [3.8, 4) is 5.75 Å². The summed E-state index contributed by atoms with van der Waals surface area (Å²) < 4.78 is 18.4. The van der Waals surface area contributed by atoms with Crippen LogP contribution in [0.2, 0.25) is 5.02 Å². The van der Waals surface area contributed by atoms with Gasteiger partial charge in [0, 0.05) is 25.2 Å². The first-order valence-electron chi connectivity index (χ1n) is 8.14. The molecule has 26 heavy (non-hydrogen) atoms. The summed E-state index contributed by atoms with van der Waals surface area (Å²) in [6.45, 7) is 0.616. The van der Waals surface area contributed by atoms with Crippen LogP contribution < -0.4 is 15.0 Å². The number of carbonyl (C=O) groups is 2. The maximum absolute atomic E-state index is 13.3. The number of benzene rings is 2. The molecule has 1 saturated heterocycles. The van der Waals surface area contributed by atoms with Crippen LogP contribution in [0.15, 0.2) is 42.5 Å². The Hall–Kier alpha value is -2.60. The quantitative estimate of drug-likeness (QED) is 0.872. The molecule has 1 fully saturated rings. The van der Waals surface area contributed by atoms with Crippen LogP contribution in [0.5, 0.6) is 5.75 Å². The van der Waals surface area contributed by atoms with E-state index < -0.39 is 11.7 Å². The fraction of sp³-hybridized carbons (Fsp3) is 0.263. The van der Waals surface area contributed by atoms with Crippen molar-refractivity contribution in [3.05, 3.63) is 58.9 Å². The maximum atomic E-state index is 13.3. The fourth-order valence-electron chi connectivity index (χ4n) is 2.86. The van der Waals surface area contributed by atoms with Crippen LogP contribution in [0.25, 0.3) is 0 Å². The van der Waals surface area contributed by atoms with Gasteiger partial charge in [0.1, 0.15) is 11.6 Å². The van der Waals surface area contributed by atoms with Crippen molar-refractivity contribution in [1.82, 2.24) is 5.32 Å². The average molecular weight is 377 g/mol. The number of nitrogens with one attached hydrogen (secondary N) is 1. The van der Waals surface area contributed by atoms with Crippen molar-refractivity contribution in [2.24, 2.45) is 5.92 Å². The third-order valence-corrected chi connectivity index (χ3v) is 4.63. The Bertz CT molecular complexity index is 826. The van der Waals surface area contributed by atoms with Gasteiger partial charge in [0.25, 0.3) is 0 Å². The van der Waals surface area contributed by atoms with Gasteiger partial charge >= 0.3 is 0 Å². The molecule has 1 aliphatic heterocycles. The highest BCUT2D eigenvalue weighted by Gasteiger charge is 2.35. The van der Waals surface area contributed by atoms with E-state index in [4.69, 9.17) is 16.3 Å². The van der Waals surface area contributed by atoms with Gasteiger partial charge in [-0.1, -0.05) is 23.7 Å². The molecule has 0 aliphatic carbocycles. The summed E-state index contributed by atoms with van der Waals surface area (Å²) in [7, 11) is 1.59. The predicted octanol–water partition coefficient (Wildman–Crippen LogP) is 3.16. The summed E-state index contributed by atoms with van der Waals surface area (Å²) in [6, 6.07) is 11.5. The third kappa shape index (κ3) is 3.96. The van der Waals surface area contributed by atoms with Crippen molar-refractivity contribution in [3.63, 3.8) is 0 Å². The van der Waals surface area contributed by atoms with Crippen molar-refractivity contribution in [2.75, 3.05) is 18.6 Å². The standard InChI is InChI=1S/C19H18ClFN2O3/c1-26-15-5-2-12(3-6-15)10-22-19(25)13-8-18(24)23(11-13)14-4-7-17(21)16(20)9-14/h2-7,9,13H,8,10-11H2,1H3,(H,22,25)/t13-/m0/s1. The highest BCUT2D eigenvalue weighted by atomic mass is 35.5. The summed E-state index contributed by atoms with van der Waals surface area (Å²) in [4.78, 5) is 26.1. The minimum Gasteiger partial charge on any atom is -0.497 e. The molecule has 1 heterocycles. The molecule has 1 aliphatic rings. The summed E-state index contributed by atoms with van der Waals surface area (Å²) >= 11 is 5.78. The van der Waals surface area contributed by atoms with E-state index in [0.29, 0.717) is 12.2 Å². The summed E-state index contributed by atoms with van der Waals surface area (Å²) in [5.41, 5.74) is 1.43. The smallest absolute Gasteiger partial charge is 0.227 e. The zero-order chi connectivity index (χ0) is 18.7. The molecule has 136 valence electrons. The first kappa shape index (κ1) is 18.2. The lowest BCUT2D eigenvalue weighted by Gasteiger charge is -2.17. The van der Waals surface area contributed by atoms with Gasteiger partial charge in [0.05, 0.1) is 18.1 Å². The van der Waals surface area contributed by atoms with Gasteiger partial charge < -0.3 is 15.0 Å². The number of hydrogen-bond acceptors (Lipinski definition) is 3. The van der Waals surface area contributed by atoms with Gasteiger partial charge in [0.15, 0.2) is 0 Å². The molecule has 0 saturated carbocycles. The number of carbonyl (C=O) groups excluding carboxylic acids is 2.